The van der Waals surface area contributed by atoms with Gasteiger partial charge >= 0.3 is 18.1 Å². The number of aliphatic carboxylic acids is 2. The highest BCUT2D eigenvalue weighted by atomic mass is 35.5. The zero-order chi connectivity index (χ0) is 64.1. The lowest BCUT2D eigenvalue weighted by atomic mass is 9.89. The Balaban J connectivity index is 0.00000145. The first-order valence-electron chi connectivity index (χ1n) is 25.2. The molecule has 5 aliphatic heterocycles. The number of hydrogen-bond donors (Lipinski definition) is 18. The molecule has 11 bridgehead atoms. The van der Waals surface area contributed by atoms with Gasteiger partial charge in [0.15, 0.2) is 17.5 Å². The van der Waals surface area contributed by atoms with Gasteiger partial charge in [-0.1, -0.05) is 41.4 Å². The molecule has 10 rings (SSSR count). The number of carbonyl (C=O) groups excluding carboxylic acids is 7. The summed E-state index contributed by atoms with van der Waals surface area (Å²) in [7, 11) is 1.44. The molecule has 87 heavy (non-hydrogen) atoms. The van der Waals surface area contributed by atoms with E-state index < -0.39 is 172 Å². The van der Waals surface area contributed by atoms with Gasteiger partial charge in [-0.3, -0.25) is 44.8 Å². The van der Waals surface area contributed by atoms with Crippen LogP contribution in [0.5, 0.6) is 46.0 Å². The van der Waals surface area contributed by atoms with Crippen LogP contribution in [0.3, 0.4) is 0 Å². The first-order valence-corrected chi connectivity index (χ1v) is 26.0. The number of aromatic hydroxyl groups is 4. The second-order valence-corrected chi connectivity index (χ2v) is 20.1. The fourth-order valence-corrected chi connectivity index (χ4v) is 9.60. The lowest BCUT2D eigenvalue weighted by molar-refractivity contribution is -0.192. The van der Waals surface area contributed by atoms with Crippen molar-refractivity contribution in [3.63, 3.8) is 0 Å². The van der Waals surface area contributed by atoms with Crippen LogP contribution in [0.1, 0.15) is 71.0 Å². The van der Waals surface area contributed by atoms with Crippen molar-refractivity contribution in [1.82, 2.24) is 42.6 Å². The number of nitrogens with two attached hydrogens (primary N) is 2. The molecule has 462 valence electrons. The van der Waals surface area contributed by atoms with Crippen molar-refractivity contribution < 1.29 is 107 Å². The van der Waals surface area contributed by atoms with Gasteiger partial charge in [-0.25, -0.2) is 9.59 Å². The Morgan fingerprint density at radius 1 is 0.667 bits per heavy atom. The Labute approximate surface area is 496 Å². The topological polar surface area (TPSA) is 482 Å². The predicted molar refractivity (Wildman–Crippen MR) is 291 cm³/mol. The number of aliphatic hydroxyl groups excluding tert-OH is 2. The van der Waals surface area contributed by atoms with E-state index in [4.69, 9.17) is 54.2 Å². The zero-order valence-corrected chi connectivity index (χ0v) is 45.9. The number of nitrogens with one attached hydrogen (secondary N) is 8. The number of phenolic OH excluding ortho intramolecular Hbond substituents is 4. The number of carboxylic acids is 2. The number of amides is 7. The van der Waals surface area contributed by atoms with Crippen LogP contribution in [0.25, 0.3) is 11.1 Å². The van der Waals surface area contributed by atoms with E-state index in [2.05, 4.69) is 42.6 Å². The minimum atomic E-state index is -5.08. The number of fused-ring (bicyclic) bond motifs is 15. The van der Waals surface area contributed by atoms with Gasteiger partial charge in [0, 0.05) is 29.3 Å². The Kier molecular flexibility index (Phi) is 19.9. The molecule has 29 nitrogen and oxygen atoms in total. The van der Waals surface area contributed by atoms with Gasteiger partial charge in [0.2, 0.25) is 47.1 Å². The van der Waals surface area contributed by atoms with Crippen molar-refractivity contribution in [3.8, 4) is 57.1 Å². The molecule has 0 radical (unpaired) electrons. The summed E-state index contributed by atoms with van der Waals surface area (Å²) in [6.45, 7) is 0.111. The van der Waals surface area contributed by atoms with E-state index in [-0.39, 0.29) is 56.8 Å². The van der Waals surface area contributed by atoms with Crippen molar-refractivity contribution in [1.29, 1.82) is 0 Å². The minimum Gasteiger partial charge on any atom is -0.508 e. The molecule has 0 unspecified atom stereocenters. The molecular weight excluding hydrogens is 1210 g/mol. The van der Waals surface area contributed by atoms with Crippen LogP contribution in [0.15, 0.2) is 78.9 Å². The molecule has 0 saturated carbocycles. The fourth-order valence-electron chi connectivity index (χ4n) is 9.15. The Morgan fingerprint density at radius 2 is 1.22 bits per heavy atom. The van der Waals surface area contributed by atoms with Gasteiger partial charge < -0.3 is 93.3 Å². The monoisotopic (exact) mass is 1260 g/mol. The summed E-state index contributed by atoms with van der Waals surface area (Å²) in [5, 5.41) is 103. The SMILES string of the molecule is CN[C@H](CCNN)C(=O)N[C@H]1C(=O)N[C@@H](CC(N)=O)C(=O)N[C@H]2C(=O)N[C@H]3C(=O)N[C@H](C(=O)N[C@H](C(=O)O)c4cc(O)cc(O)c4-c4cc3ccc4O)[C@H](O)c3ccc(c(Cl)c3)Oc3cc2cc(c3O)Oc2ccc(cc2Cl)[C@H]1O.O=C(O)C(F)(F)F. The summed E-state index contributed by atoms with van der Waals surface area (Å²) in [5.41, 5.74) is 5.62. The molecule has 5 heterocycles. The number of ether oxygens (including phenoxy) is 2. The van der Waals surface area contributed by atoms with E-state index in [0.717, 1.165) is 60.7 Å². The number of likely N-dealkylation sites (N-methyl/N-ethyl adjacent to an activating group) is 1. The standard InChI is InChI=1S/C51H50Cl2N10O17.C2HF3O2/c1-56-27(8-9-57-55)45(71)62-40-42(68)19-3-6-31(25(52)11-19)79-33-13-21-14-34(44(33)70)80-32-7-4-20(12-26(32)53)43(69)41-50(76)61-39(51(77)78)24-15-22(64)16-30(66)36(24)23-10-18(2-5-29(23)65)37(47(73)63-41)60-48(74)38(21)59-46(72)28(17-35(54)67)58-49(40)75;3-2(4,5)1(6)7/h2-7,10-16,27-28,37-43,56-57,64-66,68-70H,8-9,17,55H2,1H3,(H2,54,67)(H,58,75)(H,59,72)(H,60,74)(H,61,76)(H,62,71)(H,63,73)(H,77,78);(H,6,7)/t27-,28+,37-,38-,39+,40-,41+,42-,43-;/m1./s1. The molecule has 5 aromatic carbocycles. The van der Waals surface area contributed by atoms with E-state index in [0.29, 0.717) is 0 Å². The van der Waals surface area contributed by atoms with Gasteiger partial charge in [0.1, 0.15) is 71.2 Å². The molecule has 34 heteroatoms. The average molecular weight is 1260 g/mol. The van der Waals surface area contributed by atoms with Crippen LogP contribution >= 0.6 is 23.2 Å². The van der Waals surface area contributed by atoms with E-state index in [1.54, 1.807) is 0 Å². The molecule has 0 saturated heterocycles. The molecule has 5 aromatic rings. The first-order chi connectivity index (χ1) is 40.9. The van der Waals surface area contributed by atoms with Crippen molar-refractivity contribution in [2.24, 2.45) is 11.6 Å². The maximum Gasteiger partial charge on any atom is 0.490 e. The summed E-state index contributed by atoms with van der Waals surface area (Å²) in [6.07, 6.45) is -10.1. The van der Waals surface area contributed by atoms with Crippen molar-refractivity contribution in [2.75, 3.05) is 13.6 Å². The maximum absolute atomic E-state index is 15.3. The van der Waals surface area contributed by atoms with Crippen LogP contribution in [-0.4, -0.2) is 138 Å². The summed E-state index contributed by atoms with van der Waals surface area (Å²) < 4.78 is 44.0. The van der Waals surface area contributed by atoms with E-state index >= 15 is 4.79 Å². The summed E-state index contributed by atoms with van der Waals surface area (Å²) in [4.78, 5) is 122. The third kappa shape index (κ3) is 14.7. The Bertz CT molecular complexity index is 3600. The van der Waals surface area contributed by atoms with Crippen molar-refractivity contribution in [2.45, 2.75) is 73.5 Å². The lowest BCUT2D eigenvalue weighted by Crippen LogP contribution is -2.59. The predicted octanol–water partition coefficient (Wildman–Crippen LogP) is 0.836. The molecule has 0 aliphatic carbocycles. The number of halogens is 5. The number of hydrazine groups is 1. The number of benzene rings is 5. The lowest BCUT2D eigenvalue weighted by Gasteiger charge is -2.31. The number of hydrogen-bond acceptors (Lipinski definition) is 20. The number of aliphatic hydroxyl groups is 2. The highest BCUT2D eigenvalue weighted by Crippen LogP contribution is 2.47. The summed E-state index contributed by atoms with van der Waals surface area (Å²) in [5.74, 6) is -12.5. The number of carbonyl (C=O) groups is 9. The average Bonchev–Trinajstić information content (AvgIpc) is 1.11. The second-order valence-electron chi connectivity index (χ2n) is 19.3. The molecule has 9 atom stereocenters. The van der Waals surface area contributed by atoms with Crippen LogP contribution in [0.4, 0.5) is 13.2 Å². The minimum absolute atomic E-state index is 0.0702. The van der Waals surface area contributed by atoms with Crippen LogP contribution in [0, 0.1) is 0 Å². The first kappa shape index (κ1) is 64.9. The van der Waals surface area contributed by atoms with Gasteiger partial charge in [-0.05, 0) is 90.3 Å². The Hall–Kier alpha value is -9.70. The molecular formula is C53H51Cl2F3N10O19. The molecule has 0 aromatic heterocycles. The molecule has 5 aliphatic rings. The molecule has 0 fully saturated rings. The number of carboxylic acid groups (broad SMARTS) is 2. The van der Waals surface area contributed by atoms with Crippen LogP contribution < -0.4 is 63.7 Å². The zero-order valence-electron chi connectivity index (χ0n) is 44.4. The summed E-state index contributed by atoms with van der Waals surface area (Å²) >= 11 is 13.5. The van der Waals surface area contributed by atoms with Crippen molar-refractivity contribution >= 4 is 76.5 Å². The third-order valence-corrected chi connectivity index (χ3v) is 14.0. The largest absolute Gasteiger partial charge is 0.508 e. The Morgan fingerprint density at radius 3 is 1.76 bits per heavy atom. The van der Waals surface area contributed by atoms with E-state index in [1.165, 1.54) is 25.2 Å². The number of primary amides is 1. The van der Waals surface area contributed by atoms with Crippen molar-refractivity contribution in [3.05, 3.63) is 117 Å². The molecule has 20 N–H and O–H groups in total. The highest BCUT2D eigenvalue weighted by molar-refractivity contribution is 6.32. The normalized spacial score (nSPS) is 21.5. The molecule has 7 amide bonds. The number of rotatable bonds is 9. The number of phenols is 4. The quantitative estimate of drug-likeness (QED) is 0.0718. The summed E-state index contributed by atoms with van der Waals surface area (Å²) in [6, 6.07) is 0.221. The fraction of sp³-hybridized carbons (Fsp3) is 0.264. The third-order valence-electron chi connectivity index (χ3n) is 13.4. The smallest absolute Gasteiger partial charge is 0.490 e. The number of alkyl halides is 3. The van der Waals surface area contributed by atoms with E-state index in [1.807, 2.05) is 0 Å². The second kappa shape index (κ2) is 26.7. The van der Waals surface area contributed by atoms with Gasteiger partial charge in [0.25, 0.3) is 0 Å². The van der Waals surface area contributed by atoms with Crippen LogP contribution in [-0.2, 0) is 43.2 Å². The van der Waals surface area contributed by atoms with Crippen LogP contribution in [0.2, 0.25) is 10.0 Å². The van der Waals surface area contributed by atoms with Gasteiger partial charge in [-0.2, -0.15) is 13.2 Å². The highest BCUT2D eigenvalue weighted by Gasteiger charge is 2.42. The maximum atomic E-state index is 15.3. The van der Waals surface area contributed by atoms with Gasteiger partial charge in [0.05, 0.1) is 22.5 Å². The van der Waals surface area contributed by atoms with Gasteiger partial charge in [-0.15, -0.1) is 0 Å². The molecule has 0 spiro atoms. The van der Waals surface area contributed by atoms with E-state index in [9.17, 15) is 82.5 Å².